The highest BCUT2D eigenvalue weighted by Crippen LogP contribution is 2.24. The highest BCUT2D eigenvalue weighted by molar-refractivity contribution is 6.32. The predicted octanol–water partition coefficient (Wildman–Crippen LogP) is 2.11. The Morgan fingerprint density at radius 3 is 2.88 bits per heavy atom. The molecule has 90 valence electrons. The Kier molecular flexibility index (Phi) is 4.86. The number of benzene rings is 1. The van der Waals surface area contributed by atoms with Gasteiger partial charge in [-0.25, -0.2) is 0 Å². The summed E-state index contributed by atoms with van der Waals surface area (Å²) < 4.78 is 0. The number of carbonyl (C=O) groups excluding carboxylic acids is 1. The first-order valence-corrected chi connectivity index (χ1v) is 5.68. The van der Waals surface area contributed by atoms with E-state index in [9.17, 15) is 4.79 Å². The molecule has 0 saturated carbocycles. The monoisotopic (exact) mass is 250 g/mol. The third-order valence-corrected chi connectivity index (χ3v) is 2.76. The average Bonchev–Trinajstić information content (AvgIpc) is 2.28. The van der Waals surface area contributed by atoms with Gasteiger partial charge in [0.15, 0.2) is 0 Å². The summed E-state index contributed by atoms with van der Waals surface area (Å²) in [5.41, 5.74) is 8.00. The van der Waals surface area contributed by atoms with Gasteiger partial charge in [-0.3, -0.25) is 4.79 Å². The Bertz CT molecular complexity index is 486. The van der Waals surface area contributed by atoms with Crippen LogP contribution < -0.4 is 11.1 Å². The molecule has 17 heavy (non-hydrogen) atoms. The van der Waals surface area contributed by atoms with Crippen LogP contribution in [0.2, 0.25) is 5.02 Å². The van der Waals surface area contributed by atoms with Gasteiger partial charge >= 0.3 is 0 Å². The molecule has 3 N–H and O–H groups in total. The summed E-state index contributed by atoms with van der Waals surface area (Å²) in [5.74, 6) is 5.87. The van der Waals surface area contributed by atoms with E-state index in [1.54, 1.807) is 12.1 Å². The van der Waals surface area contributed by atoms with Crippen molar-refractivity contribution in [1.29, 1.82) is 0 Å². The molecule has 1 aromatic rings. The molecule has 0 atom stereocenters. The molecule has 0 aliphatic rings. The molecule has 4 heteroatoms. The zero-order valence-corrected chi connectivity index (χ0v) is 10.7. The molecule has 0 spiro atoms. The fraction of sp³-hybridized carbons (Fsp3) is 0.308. The van der Waals surface area contributed by atoms with Crippen molar-refractivity contribution in [2.24, 2.45) is 0 Å². The summed E-state index contributed by atoms with van der Waals surface area (Å²) in [6.45, 7) is 3.89. The fourth-order valence-corrected chi connectivity index (χ4v) is 1.47. The molecule has 1 amide bonds. The van der Waals surface area contributed by atoms with Crippen molar-refractivity contribution < 1.29 is 4.79 Å². The smallest absolute Gasteiger partial charge is 0.216 e. The van der Waals surface area contributed by atoms with Gasteiger partial charge in [0.2, 0.25) is 5.91 Å². The molecular formula is C13H15ClN2O. The van der Waals surface area contributed by atoms with Crippen LogP contribution in [-0.4, -0.2) is 12.5 Å². The largest absolute Gasteiger partial charge is 0.398 e. The van der Waals surface area contributed by atoms with E-state index in [4.69, 9.17) is 17.3 Å². The second kappa shape index (κ2) is 6.17. The molecule has 1 rings (SSSR count). The van der Waals surface area contributed by atoms with Crippen LogP contribution in [0.5, 0.6) is 0 Å². The van der Waals surface area contributed by atoms with Crippen LogP contribution in [0.4, 0.5) is 5.69 Å². The van der Waals surface area contributed by atoms with E-state index in [0.29, 0.717) is 23.7 Å². The Morgan fingerprint density at radius 1 is 1.53 bits per heavy atom. The lowest BCUT2D eigenvalue weighted by Crippen LogP contribution is -2.20. The van der Waals surface area contributed by atoms with Gasteiger partial charge in [0.25, 0.3) is 0 Å². The molecule has 0 fully saturated rings. The van der Waals surface area contributed by atoms with E-state index in [0.717, 1.165) is 11.1 Å². The van der Waals surface area contributed by atoms with Crippen LogP contribution in [0.25, 0.3) is 0 Å². The first kappa shape index (κ1) is 13.4. The van der Waals surface area contributed by atoms with E-state index in [1.165, 1.54) is 6.92 Å². The van der Waals surface area contributed by atoms with Crippen LogP contribution in [-0.2, 0) is 4.79 Å². The lowest BCUT2D eigenvalue weighted by atomic mass is 10.1. The van der Waals surface area contributed by atoms with Gasteiger partial charge in [0, 0.05) is 31.1 Å². The van der Waals surface area contributed by atoms with Crippen molar-refractivity contribution in [3.8, 4) is 11.8 Å². The third-order valence-electron chi connectivity index (χ3n) is 2.28. The predicted molar refractivity (Wildman–Crippen MR) is 70.8 cm³/mol. The SMILES string of the molecule is CC(=O)NCCC#Cc1ccc(N)c(C)c1Cl. The summed E-state index contributed by atoms with van der Waals surface area (Å²) in [5, 5.41) is 3.27. The molecule has 0 heterocycles. The minimum Gasteiger partial charge on any atom is -0.398 e. The third kappa shape index (κ3) is 4.01. The summed E-state index contributed by atoms with van der Waals surface area (Å²) in [6, 6.07) is 3.59. The molecule has 0 aromatic heterocycles. The van der Waals surface area contributed by atoms with Crippen molar-refractivity contribution in [2.75, 3.05) is 12.3 Å². The second-order valence-corrected chi connectivity index (χ2v) is 4.05. The zero-order chi connectivity index (χ0) is 12.8. The summed E-state index contributed by atoms with van der Waals surface area (Å²) in [7, 11) is 0. The molecule has 1 aromatic carbocycles. The van der Waals surface area contributed by atoms with E-state index in [-0.39, 0.29) is 5.91 Å². The summed E-state index contributed by atoms with van der Waals surface area (Å²) in [4.78, 5) is 10.6. The minimum absolute atomic E-state index is 0.0480. The normalized spacial score (nSPS) is 9.35. The summed E-state index contributed by atoms with van der Waals surface area (Å²) >= 11 is 6.11. The van der Waals surface area contributed by atoms with E-state index in [1.807, 2.05) is 6.92 Å². The first-order chi connectivity index (χ1) is 8.02. The number of hydrogen-bond acceptors (Lipinski definition) is 2. The fourth-order valence-electron chi connectivity index (χ4n) is 1.26. The molecule has 0 bridgehead atoms. The molecule has 0 aliphatic heterocycles. The minimum atomic E-state index is -0.0480. The average molecular weight is 251 g/mol. The zero-order valence-electron chi connectivity index (χ0n) is 9.93. The molecule has 3 nitrogen and oxygen atoms in total. The van der Waals surface area contributed by atoms with Gasteiger partial charge in [-0.05, 0) is 24.6 Å². The van der Waals surface area contributed by atoms with Crippen molar-refractivity contribution in [1.82, 2.24) is 5.32 Å². The van der Waals surface area contributed by atoms with Crippen molar-refractivity contribution >= 4 is 23.2 Å². The standard InChI is InChI=1S/C13H15ClN2O/c1-9-12(15)7-6-11(13(9)14)5-3-4-8-16-10(2)17/h6-7H,4,8,15H2,1-2H3,(H,16,17). The number of nitrogens with two attached hydrogens (primary N) is 1. The topological polar surface area (TPSA) is 55.1 Å². The van der Waals surface area contributed by atoms with Gasteiger partial charge in [0.05, 0.1) is 5.02 Å². The highest BCUT2D eigenvalue weighted by atomic mass is 35.5. The van der Waals surface area contributed by atoms with Gasteiger partial charge < -0.3 is 11.1 Å². The van der Waals surface area contributed by atoms with Crippen LogP contribution in [0, 0.1) is 18.8 Å². The molecule has 0 unspecified atom stereocenters. The molecule has 0 radical (unpaired) electrons. The molecule has 0 saturated heterocycles. The van der Waals surface area contributed by atoms with Crippen LogP contribution in [0.15, 0.2) is 12.1 Å². The van der Waals surface area contributed by atoms with Gasteiger partial charge in [-0.2, -0.15) is 0 Å². The maximum absolute atomic E-state index is 10.6. The Morgan fingerprint density at radius 2 is 2.24 bits per heavy atom. The Labute approximate surface area is 106 Å². The van der Waals surface area contributed by atoms with Gasteiger partial charge in [-0.1, -0.05) is 23.4 Å². The van der Waals surface area contributed by atoms with Gasteiger partial charge in [-0.15, -0.1) is 0 Å². The highest BCUT2D eigenvalue weighted by Gasteiger charge is 2.03. The number of nitrogen functional groups attached to an aromatic ring is 1. The lowest BCUT2D eigenvalue weighted by molar-refractivity contribution is -0.118. The van der Waals surface area contributed by atoms with Crippen LogP contribution >= 0.6 is 11.6 Å². The summed E-state index contributed by atoms with van der Waals surface area (Å²) in [6.07, 6.45) is 0.597. The number of halogens is 1. The van der Waals surface area contributed by atoms with Crippen molar-refractivity contribution in [3.05, 3.63) is 28.3 Å². The first-order valence-electron chi connectivity index (χ1n) is 5.30. The number of hydrogen-bond donors (Lipinski definition) is 2. The van der Waals surface area contributed by atoms with E-state index in [2.05, 4.69) is 17.2 Å². The Hall–Kier alpha value is -1.66. The van der Waals surface area contributed by atoms with Crippen molar-refractivity contribution in [2.45, 2.75) is 20.3 Å². The van der Waals surface area contributed by atoms with Crippen molar-refractivity contribution in [3.63, 3.8) is 0 Å². The maximum atomic E-state index is 10.6. The van der Waals surface area contributed by atoms with Crippen LogP contribution in [0.1, 0.15) is 24.5 Å². The quantitative estimate of drug-likeness (QED) is 0.480. The molecular weight excluding hydrogens is 236 g/mol. The maximum Gasteiger partial charge on any atom is 0.216 e. The van der Waals surface area contributed by atoms with E-state index < -0.39 is 0 Å². The number of carbonyl (C=O) groups is 1. The van der Waals surface area contributed by atoms with Crippen LogP contribution in [0.3, 0.4) is 0 Å². The number of nitrogens with one attached hydrogen (secondary N) is 1. The molecule has 0 aliphatic carbocycles. The number of anilines is 1. The van der Waals surface area contributed by atoms with Gasteiger partial charge in [0.1, 0.15) is 0 Å². The number of rotatable bonds is 2. The lowest BCUT2D eigenvalue weighted by Gasteiger charge is -2.03. The number of amides is 1. The van der Waals surface area contributed by atoms with E-state index >= 15 is 0 Å². The Balaban J connectivity index is 2.66. The second-order valence-electron chi connectivity index (χ2n) is 3.68.